The van der Waals surface area contributed by atoms with Crippen LogP contribution in [0.15, 0.2) is 65.6 Å². The van der Waals surface area contributed by atoms with Crippen LogP contribution >= 0.6 is 0 Å². The molecule has 0 radical (unpaired) electrons. The minimum atomic E-state index is -4.32. The first-order valence-electron chi connectivity index (χ1n) is 18.8. The number of amides is 3. The van der Waals surface area contributed by atoms with Crippen LogP contribution in [0.3, 0.4) is 0 Å². The molecule has 2 N–H and O–H groups in total. The van der Waals surface area contributed by atoms with Gasteiger partial charge in [0.2, 0.25) is 0 Å². The van der Waals surface area contributed by atoms with Crippen LogP contribution in [0.25, 0.3) is 10.9 Å². The van der Waals surface area contributed by atoms with Crippen molar-refractivity contribution < 1.29 is 27.5 Å². The quantitative estimate of drug-likeness (QED) is 0.170. The molecule has 4 aromatic rings. The van der Waals surface area contributed by atoms with E-state index in [0.717, 1.165) is 102 Å². The van der Waals surface area contributed by atoms with Crippen molar-refractivity contribution >= 4 is 44.2 Å². The number of anilines is 2. The fourth-order valence-electron chi connectivity index (χ4n) is 8.38. The number of ether oxygens (including phenoxy) is 2. The highest BCUT2D eigenvalue weighted by molar-refractivity contribution is 7.89. The first-order chi connectivity index (χ1) is 25.7. The van der Waals surface area contributed by atoms with E-state index >= 15 is 0 Å². The Hall–Kier alpha value is -4.84. The van der Waals surface area contributed by atoms with Crippen molar-refractivity contribution in [1.82, 2.24) is 14.2 Å². The standard InChI is InChI=1S/C41H49N5O6S/c1-27-14-20-35-33(25-27)39(32-11-5-6-12-34(32)43-35)42-22-24-46(53(49,50)31-18-16-30(51-2)17-19-31)41(48)44-36-21-15-29(26-38(36)52-3)40(47)45-23-8-10-28-9-4-7-13-37(28)45/h14-21,25-26,28,37H,4-13,22-24H2,1-3H3,(H,42,43)(H,44,48). The number of likely N-dealkylation sites (tertiary alicyclic amines) is 1. The van der Waals surface area contributed by atoms with E-state index < -0.39 is 16.1 Å². The lowest BCUT2D eigenvalue weighted by Crippen LogP contribution is -2.49. The summed E-state index contributed by atoms with van der Waals surface area (Å²) < 4.78 is 40.1. The van der Waals surface area contributed by atoms with E-state index in [1.165, 1.54) is 32.8 Å². The summed E-state index contributed by atoms with van der Waals surface area (Å²) in [5.74, 6) is 1.26. The summed E-state index contributed by atoms with van der Waals surface area (Å²) in [6.45, 7) is 2.75. The van der Waals surface area contributed by atoms with E-state index in [4.69, 9.17) is 14.5 Å². The molecule has 1 aliphatic heterocycles. The molecular weight excluding hydrogens is 691 g/mol. The Morgan fingerprint density at radius 3 is 2.47 bits per heavy atom. The molecular formula is C41H49N5O6S. The molecule has 3 amide bonds. The average molecular weight is 740 g/mol. The third kappa shape index (κ3) is 7.51. The number of hydrogen-bond donors (Lipinski definition) is 2. The van der Waals surface area contributed by atoms with Crippen molar-refractivity contribution in [3.05, 3.63) is 83.0 Å². The van der Waals surface area contributed by atoms with Gasteiger partial charge in [0.15, 0.2) is 0 Å². The molecule has 1 saturated heterocycles. The number of aryl methyl sites for hydroxylation is 2. The third-order valence-electron chi connectivity index (χ3n) is 11.1. The zero-order valence-corrected chi connectivity index (χ0v) is 31.6. The van der Waals surface area contributed by atoms with Crippen LogP contribution in [-0.4, -0.2) is 74.4 Å². The molecule has 0 spiro atoms. The number of hydrogen-bond acceptors (Lipinski definition) is 8. The van der Waals surface area contributed by atoms with Gasteiger partial charge in [-0.2, -0.15) is 0 Å². The predicted molar refractivity (Wildman–Crippen MR) is 207 cm³/mol. The summed E-state index contributed by atoms with van der Waals surface area (Å²) >= 11 is 0. The first-order valence-corrected chi connectivity index (χ1v) is 20.2. The molecule has 1 saturated carbocycles. The minimum Gasteiger partial charge on any atom is -0.497 e. The van der Waals surface area contributed by atoms with Gasteiger partial charge in [0.1, 0.15) is 11.5 Å². The highest BCUT2D eigenvalue weighted by atomic mass is 32.2. The summed E-state index contributed by atoms with van der Waals surface area (Å²) in [5.41, 5.74) is 5.85. The Bertz CT molecular complexity index is 2100. The molecule has 280 valence electrons. The van der Waals surface area contributed by atoms with Gasteiger partial charge < -0.3 is 25.0 Å². The van der Waals surface area contributed by atoms with Crippen LogP contribution in [-0.2, 0) is 22.9 Å². The molecule has 2 fully saturated rings. The maximum Gasteiger partial charge on any atom is 0.335 e. The van der Waals surface area contributed by atoms with E-state index in [-0.39, 0.29) is 41.4 Å². The number of urea groups is 1. The monoisotopic (exact) mass is 739 g/mol. The third-order valence-corrected chi connectivity index (χ3v) is 12.9. The number of piperidine rings is 1. The molecule has 1 aromatic heterocycles. The zero-order chi connectivity index (χ0) is 37.1. The molecule has 0 bridgehead atoms. The lowest BCUT2D eigenvalue weighted by molar-refractivity contribution is 0.0390. The number of rotatable bonds is 10. The number of sulfonamides is 1. The second kappa shape index (κ2) is 15.6. The number of nitrogens with one attached hydrogen (secondary N) is 2. The Morgan fingerprint density at radius 2 is 1.68 bits per heavy atom. The maximum absolute atomic E-state index is 14.2. The van der Waals surface area contributed by atoms with Crippen molar-refractivity contribution in [3.63, 3.8) is 0 Å². The van der Waals surface area contributed by atoms with Gasteiger partial charge in [-0.15, -0.1) is 0 Å². The summed E-state index contributed by atoms with van der Waals surface area (Å²) in [7, 11) is -1.35. The highest BCUT2D eigenvalue weighted by Crippen LogP contribution is 2.37. The highest BCUT2D eigenvalue weighted by Gasteiger charge is 2.36. The van der Waals surface area contributed by atoms with Crippen molar-refractivity contribution in [2.24, 2.45) is 5.92 Å². The van der Waals surface area contributed by atoms with Crippen LogP contribution in [0.4, 0.5) is 16.2 Å². The van der Waals surface area contributed by atoms with Crippen molar-refractivity contribution in [2.75, 3.05) is 44.5 Å². The van der Waals surface area contributed by atoms with Gasteiger partial charge in [0, 0.05) is 41.5 Å². The van der Waals surface area contributed by atoms with Crippen LogP contribution < -0.4 is 20.1 Å². The Labute approximate surface area is 312 Å². The van der Waals surface area contributed by atoms with Gasteiger partial charge in [-0.3, -0.25) is 9.78 Å². The molecule has 11 nitrogen and oxygen atoms in total. The van der Waals surface area contributed by atoms with E-state index in [9.17, 15) is 18.0 Å². The molecule has 53 heavy (non-hydrogen) atoms. The predicted octanol–water partition coefficient (Wildman–Crippen LogP) is 7.57. The SMILES string of the molecule is COc1ccc(S(=O)(=O)N(CCNc2c3c(nc4ccc(C)cc24)CCCC3)C(=O)Nc2ccc(C(=O)N3CCCC4CCCCC43)cc2OC)cc1. The van der Waals surface area contributed by atoms with Crippen LogP contribution in [0.2, 0.25) is 0 Å². The van der Waals surface area contributed by atoms with Gasteiger partial charge in [-0.05, 0) is 124 Å². The van der Waals surface area contributed by atoms with Gasteiger partial charge >= 0.3 is 6.03 Å². The Morgan fingerprint density at radius 1 is 0.906 bits per heavy atom. The van der Waals surface area contributed by atoms with Crippen molar-refractivity contribution in [3.8, 4) is 11.5 Å². The first kappa shape index (κ1) is 36.5. The fourth-order valence-corrected chi connectivity index (χ4v) is 9.71. The second-order valence-electron chi connectivity index (χ2n) is 14.4. The fraction of sp³-hybridized carbons (Fsp3) is 0.439. The number of nitrogens with zero attached hydrogens (tertiary/aromatic N) is 3. The number of methoxy groups -OCH3 is 2. The molecule has 2 aliphatic carbocycles. The number of benzene rings is 3. The van der Waals surface area contributed by atoms with Crippen LogP contribution in [0.1, 0.15) is 78.5 Å². The van der Waals surface area contributed by atoms with E-state index in [0.29, 0.717) is 17.2 Å². The van der Waals surface area contributed by atoms with Gasteiger partial charge in [0.05, 0.1) is 36.9 Å². The number of fused-ring (bicyclic) bond motifs is 3. The normalized spacial score (nSPS) is 18.4. The second-order valence-corrected chi connectivity index (χ2v) is 16.3. The number of aromatic nitrogens is 1. The van der Waals surface area contributed by atoms with Crippen LogP contribution in [0.5, 0.6) is 11.5 Å². The summed E-state index contributed by atoms with van der Waals surface area (Å²) in [6.07, 6.45) is 10.6. The molecule has 3 aromatic carbocycles. The lowest BCUT2D eigenvalue weighted by atomic mass is 9.78. The molecule has 7 rings (SSSR count). The number of carbonyl (C=O) groups is 2. The molecule has 2 atom stereocenters. The average Bonchev–Trinajstić information content (AvgIpc) is 3.18. The van der Waals surface area contributed by atoms with Crippen LogP contribution in [0, 0.1) is 12.8 Å². The smallest absolute Gasteiger partial charge is 0.335 e. The Kier molecular flexibility index (Phi) is 10.8. The zero-order valence-electron chi connectivity index (χ0n) is 30.8. The number of pyridine rings is 1. The van der Waals surface area contributed by atoms with Gasteiger partial charge in [-0.25, -0.2) is 17.5 Å². The maximum atomic E-state index is 14.2. The minimum absolute atomic E-state index is 0.0476. The van der Waals surface area contributed by atoms with Crippen molar-refractivity contribution in [2.45, 2.75) is 82.1 Å². The van der Waals surface area contributed by atoms with E-state index in [2.05, 4.69) is 16.7 Å². The molecule has 2 unspecified atom stereocenters. The molecule has 12 heteroatoms. The van der Waals surface area contributed by atoms with E-state index in [1.807, 2.05) is 24.0 Å². The summed E-state index contributed by atoms with van der Waals surface area (Å²) in [6, 6.07) is 16.4. The summed E-state index contributed by atoms with van der Waals surface area (Å²) in [5, 5.41) is 7.27. The van der Waals surface area contributed by atoms with Gasteiger partial charge in [0.25, 0.3) is 15.9 Å². The number of carbonyl (C=O) groups excluding carboxylic acids is 2. The van der Waals surface area contributed by atoms with Gasteiger partial charge in [-0.1, -0.05) is 24.5 Å². The topological polar surface area (TPSA) is 130 Å². The molecule has 3 aliphatic rings. The van der Waals surface area contributed by atoms with E-state index in [1.54, 1.807) is 30.3 Å². The summed E-state index contributed by atoms with van der Waals surface area (Å²) in [4.78, 5) is 34.8. The largest absolute Gasteiger partial charge is 0.497 e. The Balaban J connectivity index is 1.15. The van der Waals surface area contributed by atoms with Crippen molar-refractivity contribution in [1.29, 1.82) is 0 Å². The molecule has 2 heterocycles. The lowest BCUT2D eigenvalue weighted by Gasteiger charge is -2.44.